The van der Waals surface area contributed by atoms with Crippen LogP contribution in [0.3, 0.4) is 0 Å². The number of imide groups is 1. The summed E-state index contributed by atoms with van der Waals surface area (Å²) in [6, 6.07) is 7.02. The fraction of sp³-hybridized carbons (Fsp3) is 0.429. The molecule has 14 heteroatoms. The Kier molecular flexibility index (Phi) is 9.01. The number of likely N-dealkylation sites (tertiary alicyclic amines) is 1. The molecule has 1 aromatic carbocycles. The second kappa shape index (κ2) is 13.5. The lowest BCUT2D eigenvalue weighted by Crippen LogP contribution is -2.47. The number of aryl methyl sites for hydroxylation is 1. The first-order valence-corrected chi connectivity index (χ1v) is 17.1. The highest BCUT2D eigenvalue weighted by Gasteiger charge is 2.33. The third-order valence-electron chi connectivity index (χ3n) is 10.3. The van der Waals surface area contributed by atoms with E-state index >= 15 is 0 Å². The predicted octanol–water partition coefficient (Wildman–Crippen LogP) is 3.97. The van der Waals surface area contributed by atoms with Gasteiger partial charge in [0, 0.05) is 56.8 Å². The molecule has 3 fully saturated rings. The predicted molar refractivity (Wildman–Crippen MR) is 186 cm³/mol. The van der Waals surface area contributed by atoms with Crippen molar-refractivity contribution in [1.82, 2.24) is 30.0 Å². The lowest BCUT2D eigenvalue weighted by Gasteiger charge is -2.40. The van der Waals surface area contributed by atoms with Crippen LogP contribution in [0.2, 0.25) is 5.02 Å². The Labute approximate surface area is 288 Å². The smallest absolute Gasteiger partial charge is 0.276 e. The van der Waals surface area contributed by atoms with Gasteiger partial charge in [-0.3, -0.25) is 29.6 Å². The fourth-order valence-corrected chi connectivity index (χ4v) is 7.80. The van der Waals surface area contributed by atoms with Gasteiger partial charge < -0.3 is 24.4 Å². The number of aromatic amines is 1. The molecule has 0 aliphatic carbocycles. The monoisotopic (exact) mass is 686 g/mol. The van der Waals surface area contributed by atoms with E-state index in [1.807, 2.05) is 17.0 Å². The Bertz CT molecular complexity index is 1960. The number of amides is 3. The molecule has 3 saturated heterocycles. The number of anilines is 2. The Balaban J connectivity index is 0.945. The van der Waals surface area contributed by atoms with Gasteiger partial charge in [-0.15, -0.1) is 0 Å². The molecule has 13 nitrogen and oxygen atoms in total. The molecule has 3 aromatic heterocycles. The minimum Gasteiger partial charge on any atom is -0.496 e. The molecular weight excluding hydrogens is 648 g/mol. The number of hydrogen-bond acceptors (Lipinski definition) is 9. The lowest BCUT2D eigenvalue weighted by molar-refractivity contribution is -0.133. The topological polar surface area (TPSA) is 155 Å². The van der Waals surface area contributed by atoms with Crippen molar-refractivity contribution in [3.63, 3.8) is 0 Å². The Morgan fingerprint density at radius 1 is 1.00 bits per heavy atom. The van der Waals surface area contributed by atoms with Crippen molar-refractivity contribution in [3.05, 3.63) is 63.8 Å². The maximum absolute atomic E-state index is 13.8. The zero-order valence-electron chi connectivity index (χ0n) is 27.5. The number of halogens is 1. The van der Waals surface area contributed by atoms with E-state index in [1.165, 1.54) is 11.7 Å². The van der Waals surface area contributed by atoms with Crippen molar-refractivity contribution in [2.24, 2.45) is 18.9 Å². The summed E-state index contributed by atoms with van der Waals surface area (Å²) in [5, 5.41) is 13.3. The molecule has 1 unspecified atom stereocenters. The number of methoxy groups -OCH3 is 1. The molecule has 4 aromatic rings. The van der Waals surface area contributed by atoms with E-state index in [1.54, 1.807) is 37.8 Å². The number of H-pyrrole nitrogens is 1. The van der Waals surface area contributed by atoms with E-state index in [4.69, 9.17) is 16.3 Å². The zero-order chi connectivity index (χ0) is 34.2. The summed E-state index contributed by atoms with van der Waals surface area (Å²) in [7, 11) is 3.21. The molecule has 3 amide bonds. The van der Waals surface area contributed by atoms with Crippen molar-refractivity contribution in [3.8, 4) is 16.9 Å². The fourth-order valence-electron chi connectivity index (χ4n) is 7.51. The molecule has 3 N–H and O–H groups in total. The summed E-state index contributed by atoms with van der Waals surface area (Å²) >= 11 is 6.79. The summed E-state index contributed by atoms with van der Waals surface area (Å²) in [6.07, 6.45) is 9.88. The Hall–Kier alpha value is -4.91. The van der Waals surface area contributed by atoms with E-state index in [2.05, 4.69) is 30.7 Å². The number of benzene rings is 1. The maximum atomic E-state index is 13.8. The van der Waals surface area contributed by atoms with Crippen LogP contribution in [0.15, 0.2) is 47.7 Å². The van der Waals surface area contributed by atoms with Crippen molar-refractivity contribution in [1.29, 1.82) is 0 Å². The molecule has 256 valence electrons. The first-order valence-electron chi connectivity index (χ1n) is 16.7. The minimum absolute atomic E-state index is 0.141. The number of piperidine rings is 3. The van der Waals surface area contributed by atoms with Gasteiger partial charge in [0.05, 0.1) is 30.2 Å². The summed E-state index contributed by atoms with van der Waals surface area (Å²) in [6.45, 7) is 3.14. The van der Waals surface area contributed by atoms with Crippen molar-refractivity contribution < 1.29 is 19.1 Å². The molecule has 49 heavy (non-hydrogen) atoms. The highest BCUT2D eigenvalue weighted by Crippen LogP contribution is 2.38. The van der Waals surface area contributed by atoms with Gasteiger partial charge in [-0.05, 0) is 73.8 Å². The molecule has 0 saturated carbocycles. The summed E-state index contributed by atoms with van der Waals surface area (Å²) in [4.78, 5) is 58.7. The van der Waals surface area contributed by atoms with Gasteiger partial charge in [-0.2, -0.15) is 5.10 Å². The molecule has 3 aliphatic heterocycles. The lowest BCUT2D eigenvalue weighted by atomic mass is 9.78. The molecule has 0 radical (unpaired) electrons. The minimum atomic E-state index is -0.435. The Morgan fingerprint density at radius 2 is 1.73 bits per heavy atom. The van der Waals surface area contributed by atoms with E-state index in [-0.39, 0.29) is 23.3 Å². The van der Waals surface area contributed by atoms with Gasteiger partial charge in [-0.25, -0.2) is 4.98 Å². The van der Waals surface area contributed by atoms with Crippen LogP contribution < -0.4 is 25.8 Å². The normalized spacial score (nSPS) is 19.3. The van der Waals surface area contributed by atoms with Crippen LogP contribution in [0.1, 0.15) is 48.9 Å². The average molecular weight is 687 g/mol. The summed E-state index contributed by atoms with van der Waals surface area (Å²) in [5.41, 5.74) is 2.80. The SMILES string of the molecule is COc1cc(-c2cn(C)c(=O)c3[nH]ncc23)cc(Cl)c1C(=O)N1CCC(C2CCN(c3ccc(NC4CCC(=O)NC4=O)cn3)CC2)CC1. The van der Waals surface area contributed by atoms with Crippen LogP contribution in [-0.2, 0) is 16.6 Å². The standard InChI is InChI=1S/C35H39ClN8O5/c1-42-19-25(24-18-38-41-32(24)35(42)48)22-15-26(36)31(28(16-22)49-2)34(47)44-13-9-21(10-14-44)20-7-11-43(12-8-20)29-5-3-23(17-37-29)39-27-4-6-30(45)40-33(27)46/h3,5,15-21,27,39H,4,6-14H2,1-2H3,(H,38,41)(H,40,45,46). The number of ether oxygens (including phenoxy) is 1. The second-order valence-electron chi connectivity index (χ2n) is 13.2. The van der Waals surface area contributed by atoms with E-state index in [0.717, 1.165) is 61.4 Å². The summed E-state index contributed by atoms with van der Waals surface area (Å²) < 4.78 is 7.18. The highest BCUT2D eigenvalue weighted by molar-refractivity contribution is 6.34. The van der Waals surface area contributed by atoms with Gasteiger partial charge in [0.1, 0.15) is 28.7 Å². The zero-order valence-corrected chi connectivity index (χ0v) is 28.3. The van der Waals surface area contributed by atoms with Crippen LogP contribution in [-0.4, -0.2) is 81.7 Å². The molecule has 3 aliphatic rings. The number of carbonyl (C=O) groups excluding carboxylic acids is 3. The number of aromatic nitrogens is 4. The van der Waals surface area contributed by atoms with Gasteiger partial charge in [0.2, 0.25) is 11.8 Å². The molecule has 1 atom stereocenters. The summed E-state index contributed by atoms with van der Waals surface area (Å²) in [5.74, 6) is 1.75. The van der Waals surface area contributed by atoms with Gasteiger partial charge >= 0.3 is 0 Å². The molecule has 7 rings (SSSR count). The highest BCUT2D eigenvalue weighted by atomic mass is 35.5. The molecule has 0 spiro atoms. The number of fused-ring (bicyclic) bond motifs is 1. The van der Waals surface area contributed by atoms with Crippen LogP contribution in [0.5, 0.6) is 5.75 Å². The number of nitrogens with zero attached hydrogens (tertiary/aromatic N) is 5. The molecule has 0 bridgehead atoms. The quantitative estimate of drug-likeness (QED) is 0.245. The van der Waals surface area contributed by atoms with E-state index in [0.29, 0.717) is 65.0 Å². The van der Waals surface area contributed by atoms with Gasteiger partial charge in [0.15, 0.2) is 0 Å². The number of nitrogens with one attached hydrogen (secondary N) is 3. The third-order valence-corrected chi connectivity index (χ3v) is 10.6. The number of pyridine rings is 2. The van der Waals surface area contributed by atoms with Crippen molar-refractivity contribution in [2.75, 3.05) is 43.5 Å². The molecule has 6 heterocycles. The van der Waals surface area contributed by atoms with Crippen LogP contribution in [0, 0.1) is 11.8 Å². The van der Waals surface area contributed by atoms with Gasteiger partial charge in [0.25, 0.3) is 11.5 Å². The number of hydrogen-bond donors (Lipinski definition) is 3. The van der Waals surface area contributed by atoms with Crippen LogP contribution in [0.4, 0.5) is 11.5 Å². The van der Waals surface area contributed by atoms with Crippen molar-refractivity contribution in [2.45, 2.75) is 44.6 Å². The molecular formula is C35H39ClN8O5. The van der Waals surface area contributed by atoms with Gasteiger partial charge in [-0.1, -0.05) is 11.6 Å². The first-order chi connectivity index (χ1) is 23.7. The van der Waals surface area contributed by atoms with E-state index < -0.39 is 6.04 Å². The largest absolute Gasteiger partial charge is 0.496 e. The third kappa shape index (κ3) is 6.46. The number of rotatable bonds is 7. The average Bonchev–Trinajstić information content (AvgIpc) is 3.61. The van der Waals surface area contributed by atoms with Crippen molar-refractivity contribution >= 4 is 51.7 Å². The maximum Gasteiger partial charge on any atom is 0.276 e. The van der Waals surface area contributed by atoms with Crippen LogP contribution >= 0.6 is 11.6 Å². The van der Waals surface area contributed by atoms with Crippen LogP contribution in [0.25, 0.3) is 22.0 Å². The first kappa shape index (κ1) is 32.6. The second-order valence-corrected chi connectivity index (χ2v) is 13.6. The number of carbonyl (C=O) groups is 3. The Morgan fingerprint density at radius 3 is 2.41 bits per heavy atom. The van der Waals surface area contributed by atoms with E-state index in [9.17, 15) is 19.2 Å².